The molecule has 1 rings (SSSR count). The standard InChI is InChI=1S/C10H9BrF2O2/c1-2-15-10(14)9(11)7-4-3-6(12)5-8(7)13/h3-5,9H,2H2,1H3. The van der Waals surface area contributed by atoms with Crippen molar-refractivity contribution in [1.82, 2.24) is 0 Å². The van der Waals surface area contributed by atoms with Crippen molar-refractivity contribution in [3.8, 4) is 0 Å². The highest BCUT2D eigenvalue weighted by atomic mass is 79.9. The van der Waals surface area contributed by atoms with Crippen molar-refractivity contribution in [1.29, 1.82) is 0 Å². The number of carbonyl (C=O) groups excluding carboxylic acids is 1. The number of hydrogen-bond donors (Lipinski definition) is 0. The first-order valence-corrected chi connectivity index (χ1v) is 5.23. The number of halogens is 3. The van der Waals surface area contributed by atoms with E-state index in [1.54, 1.807) is 6.92 Å². The Morgan fingerprint density at radius 3 is 2.73 bits per heavy atom. The molecule has 2 nitrogen and oxygen atoms in total. The number of rotatable bonds is 3. The Hall–Kier alpha value is -0.970. The van der Waals surface area contributed by atoms with Gasteiger partial charge in [-0.05, 0) is 13.0 Å². The van der Waals surface area contributed by atoms with Gasteiger partial charge in [-0.15, -0.1) is 0 Å². The van der Waals surface area contributed by atoms with Crippen LogP contribution in [0.4, 0.5) is 8.78 Å². The largest absolute Gasteiger partial charge is 0.465 e. The topological polar surface area (TPSA) is 26.3 Å². The zero-order chi connectivity index (χ0) is 11.4. The molecule has 1 atom stereocenters. The summed E-state index contributed by atoms with van der Waals surface area (Å²) in [7, 11) is 0. The third kappa shape index (κ3) is 2.99. The second-order valence-electron chi connectivity index (χ2n) is 2.78. The smallest absolute Gasteiger partial charge is 0.324 e. The SMILES string of the molecule is CCOC(=O)C(Br)c1ccc(F)cc1F. The van der Waals surface area contributed by atoms with E-state index in [4.69, 9.17) is 4.74 Å². The highest BCUT2D eigenvalue weighted by Crippen LogP contribution is 2.26. The summed E-state index contributed by atoms with van der Waals surface area (Å²) in [6.45, 7) is 1.86. The molecule has 0 N–H and O–H groups in total. The second kappa shape index (κ2) is 5.21. The normalized spacial score (nSPS) is 12.3. The molecule has 15 heavy (non-hydrogen) atoms. The quantitative estimate of drug-likeness (QED) is 0.628. The maximum Gasteiger partial charge on any atom is 0.324 e. The molecule has 0 saturated carbocycles. The van der Waals surface area contributed by atoms with E-state index in [-0.39, 0.29) is 12.2 Å². The van der Waals surface area contributed by atoms with Crippen molar-refractivity contribution in [3.63, 3.8) is 0 Å². The predicted molar refractivity (Wildman–Crippen MR) is 54.7 cm³/mol. The molecule has 0 aliphatic carbocycles. The van der Waals surface area contributed by atoms with Crippen LogP contribution in [-0.2, 0) is 9.53 Å². The summed E-state index contributed by atoms with van der Waals surface area (Å²) in [5, 5.41) is 0. The minimum atomic E-state index is -0.905. The summed E-state index contributed by atoms with van der Waals surface area (Å²) in [6, 6.07) is 3.02. The molecule has 0 aromatic heterocycles. The van der Waals surface area contributed by atoms with Crippen LogP contribution < -0.4 is 0 Å². The summed E-state index contributed by atoms with van der Waals surface area (Å²) in [4.78, 5) is 10.3. The Kier molecular flexibility index (Phi) is 4.20. The molecule has 82 valence electrons. The fraction of sp³-hybridized carbons (Fsp3) is 0.300. The third-order valence-electron chi connectivity index (χ3n) is 1.73. The molecule has 0 radical (unpaired) electrons. The maximum absolute atomic E-state index is 13.2. The molecular weight excluding hydrogens is 270 g/mol. The molecule has 0 aliphatic heterocycles. The zero-order valence-corrected chi connectivity index (χ0v) is 9.55. The summed E-state index contributed by atoms with van der Waals surface area (Å²) in [5.74, 6) is -2.05. The first-order chi connectivity index (χ1) is 7.06. The lowest BCUT2D eigenvalue weighted by molar-refractivity contribution is -0.142. The van der Waals surface area contributed by atoms with E-state index in [0.29, 0.717) is 0 Å². The van der Waals surface area contributed by atoms with E-state index < -0.39 is 22.4 Å². The first kappa shape index (κ1) is 12.1. The lowest BCUT2D eigenvalue weighted by atomic mass is 10.1. The average Bonchev–Trinajstić information content (AvgIpc) is 2.17. The molecule has 0 aliphatic rings. The van der Waals surface area contributed by atoms with Crippen LogP contribution >= 0.6 is 15.9 Å². The van der Waals surface area contributed by atoms with Gasteiger partial charge in [-0.25, -0.2) is 8.78 Å². The van der Waals surface area contributed by atoms with Gasteiger partial charge in [-0.1, -0.05) is 22.0 Å². The van der Waals surface area contributed by atoms with E-state index in [1.807, 2.05) is 0 Å². The van der Waals surface area contributed by atoms with Crippen molar-refractivity contribution < 1.29 is 18.3 Å². The number of carbonyl (C=O) groups is 1. The van der Waals surface area contributed by atoms with Crippen LogP contribution in [0.2, 0.25) is 0 Å². The maximum atomic E-state index is 13.2. The van der Waals surface area contributed by atoms with Crippen molar-refractivity contribution in [2.24, 2.45) is 0 Å². The molecule has 0 bridgehead atoms. The van der Waals surface area contributed by atoms with Gasteiger partial charge < -0.3 is 4.74 Å². The molecule has 0 heterocycles. The number of esters is 1. The summed E-state index contributed by atoms with van der Waals surface area (Å²) in [5.41, 5.74) is 0.0647. The first-order valence-electron chi connectivity index (χ1n) is 4.32. The monoisotopic (exact) mass is 278 g/mol. The van der Waals surface area contributed by atoms with Crippen molar-refractivity contribution in [2.45, 2.75) is 11.8 Å². The van der Waals surface area contributed by atoms with Gasteiger partial charge in [0.15, 0.2) is 0 Å². The van der Waals surface area contributed by atoms with Crippen LogP contribution in [0.25, 0.3) is 0 Å². The van der Waals surface area contributed by atoms with Crippen molar-refractivity contribution >= 4 is 21.9 Å². The Balaban J connectivity index is 2.91. The molecule has 0 amide bonds. The van der Waals surface area contributed by atoms with Gasteiger partial charge in [0.2, 0.25) is 0 Å². The summed E-state index contributed by atoms with van der Waals surface area (Å²) in [6.07, 6.45) is 0. The average molecular weight is 279 g/mol. The molecular formula is C10H9BrF2O2. The van der Waals surface area contributed by atoms with Gasteiger partial charge in [-0.2, -0.15) is 0 Å². The van der Waals surface area contributed by atoms with E-state index >= 15 is 0 Å². The van der Waals surface area contributed by atoms with Gasteiger partial charge in [0.1, 0.15) is 16.5 Å². The molecule has 5 heteroatoms. The predicted octanol–water partition coefficient (Wildman–Crippen LogP) is 2.96. The fourth-order valence-electron chi connectivity index (χ4n) is 1.05. The van der Waals surface area contributed by atoms with Crippen LogP contribution in [-0.4, -0.2) is 12.6 Å². The highest BCUT2D eigenvalue weighted by Gasteiger charge is 2.21. The van der Waals surface area contributed by atoms with E-state index in [9.17, 15) is 13.6 Å². The second-order valence-corrected chi connectivity index (χ2v) is 3.70. The van der Waals surface area contributed by atoms with Gasteiger partial charge in [0.05, 0.1) is 6.61 Å². The van der Waals surface area contributed by atoms with Crippen LogP contribution in [0.15, 0.2) is 18.2 Å². The number of hydrogen-bond acceptors (Lipinski definition) is 2. The molecule has 1 aromatic carbocycles. The van der Waals surface area contributed by atoms with E-state index in [0.717, 1.165) is 12.1 Å². The molecule has 0 saturated heterocycles. The van der Waals surface area contributed by atoms with Crippen LogP contribution in [0.5, 0.6) is 0 Å². The lowest BCUT2D eigenvalue weighted by Gasteiger charge is -2.09. The molecule has 0 fully saturated rings. The molecule has 1 aromatic rings. The highest BCUT2D eigenvalue weighted by molar-refractivity contribution is 9.09. The van der Waals surface area contributed by atoms with Crippen LogP contribution in [0, 0.1) is 11.6 Å². The van der Waals surface area contributed by atoms with E-state index in [2.05, 4.69) is 15.9 Å². The minimum Gasteiger partial charge on any atom is -0.465 e. The van der Waals surface area contributed by atoms with Gasteiger partial charge >= 0.3 is 5.97 Å². The van der Waals surface area contributed by atoms with Crippen LogP contribution in [0.1, 0.15) is 17.3 Å². The number of ether oxygens (including phenoxy) is 1. The molecule has 0 spiro atoms. The van der Waals surface area contributed by atoms with Gasteiger partial charge in [-0.3, -0.25) is 4.79 Å². The van der Waals surface area contributed by atoms with Gasteiger partial charge in [0, 0.05) is 11.6 Å². The van der Waals surface area contributed by atoms with Gasteiger partial charge in [0.25, 0.3) is 0 Å². The number of benzene rings is 1. The Labute approximate surface area is 94.4 Å². The summed E-state index contributed by atoms with van der Waals surface area (Å²) < 4.78 is 30.5. The minimum absolute atomic E-state index is 0.0647. The van der Waals surface area contributed by atoms with Crippen molar-refractivity contribution in [2.75, 3.05) is 6.61 Å². The summed E-state index contributed by atoms with van der Waals surface area (Å²) >= 11 is 2.99. The van der Waals surface area contributed by atoms with Crippen molar-refractivity contribution in [3.05, 3.63) is 35.4 Å². The van der Waals surface area contributed by atoms with E-state index in [1.165, 1.54) is 6.07 Å². The fourth-order valence-corrected chi connectivity index (χ4v) is 1.55. The number of alkyl halides is 1. The Morgan fingerprint density at radius 1 is 1.53 bits per heavy atom. The Morgan fingerprint density at radius 2 is 2.20 bits per heavy atom. The lowest BCUT2D eigenvalue weighted by Crippen LogP contribution is -2.12. The Bertz CT molecular complexity index is 368. The third-order valence-corrected chi connectivity index (χ3v) is 2.60. The zero-order valence-electron chi connectivity index (χ0n) is 7.97. The van der Waals surface area contributed by atoms with Crippen LogP contribution in [0.3, 0.4) is 0 Å². The molecule has 1 unspecified atom stereocenters.